The number of likely N-dealkylation sites (tertiary alicyclic amines) is 1. The van der Waals surface area contributed by atoms with Gasteiger partial charge in [0.1, 0.15) is 0 Å². The van der Waals surface area contributed by atoms with Crippen molar-refractivity contribution < 1.29 is 0 Å². The average molecular weight is 236 g/mol. The van der Waals surface area contributed by atoms with Crippen molar-refractivity contribution in [2.75, 3.05) is 26.2 Å². The monoisotopic (exact) mass is 236 g/mol. The van der Waals surface area contributed by atoms with Crippen LogP contribution in [0.4, 0.5) is 0 Å². The minimum absolute atomic E-state index is 0.832. The van der Waals surface area contributed by atoms with Gasteiger partial charge in [-0.05, 0) is 38.4 Å². The van der Waals surface area contributed by atoms with Crippen LogP contribution >= 0.6 is 0 Å². The molecule has 1 N–H and O–H groups in total. The maximum absolute atomic E-state index is 4.22. The van der Waals surface area contributed by atoms with Crippen molar-refractivity contribution in [1.82, 2.24) is 20.0 Å². The summed E-state index contributed by atoms with van der Waals surface area (Å²) in [5, 5.41) is 7.74. The molecular formula is C13H24N4. The normalized spacial score (nSPS) is 21.2. The molecule has 2 heterocycles. The van der Waals surface area contributed by atoms with Crippen LogP contribution in [0.15, 0.2) is 12.4 Å². The third-order valence-corrected chi connectivity index (χ3v) is 3.39. The molecule has 1 aromatic rings. The van der Waals surface area contributed by atoms with Crippen LogP contribution in [0, 0.1) is 5.92 Å². The molecule has 1 aliphatic rings. The van der Waals surface area contributed by atoms with E-state index < -0.39 is 0 Å². The second-order valence-corrected chi connectivity index (χ2v) is 5.12. The predicted octanol–water partition coefficient (Wildman–Crippen LogP) is 1.24. The topological polar surface area (TPSA) is 33.1 Å². The van der Waals surface area contributed by atoms with Crippen LogP contribution in [-0.2, 0) is 13.6 Å². The first-order valence-electron chi connectivity index (χ1n) is 6.68. The Bertz CT molecular complexity index is 334. The summed E-state index contributed by atoms with van der Waals surface area (Å²) in [4.78, 5) is 2.54. The Morgan fingerprint density at radius 2 is 2.41 bits per heavy atom. The van der Waals surface area contributed by atoms with Crippen molar-refractivity contribution in [3.05, 3.63) is 18.0 Å². The molecule has 0 radical (unpaired) electrons. The van der Waals surface area contributed by atoms with E-state index in [-0.39, 0.29) is 0 Å². The Morgan fingerprint density at radius 3 is 3.12 bits per heavy atom. The zero-order valence-electron chi connectivity index (χ0n) is 11.0. The Kier molecular flexibility index (Phi) is 4.57. The number of rotatable bonds is 6. The van der Waals surface area contributed by atoms with Gasteiger partial charge in [0.15, 0.2) is 0 Å². The van der Waals surface area contributed by atoms with Crippen LogP contribution in [0.2, 0.25) is 0 Å². The second kappa shape index (κ2) is 6.17. The number of aromatic nitrogens is 2. The lowest BCUT2D eigenvalue weighted by Crippen LogP contribution is -2.26. The number of hydrogen-bond acceptors (Lipinski definition) is 3. The highest BCUT2D eigenvalue weighted by Crippen LogP contribution is 2.17. The van der Waals surface area contributed by atoms with Gasteiger partial charge in [-0.1, -0.05) is 6.92 Å². The van der Waals surface area contributed by atoms with Crippen LogP contribution < -0.4 is 5.32 Å². The highest BCUT2D eigenvalue weighted by Gasteiger charge is 2.22. The van der Waals surface area contributed by atoms with Gasteiger partial charge in [0.25, 0.3) is 0 Å². The summed E-state index contributed by atoms with van der Waals surface area (Å²) in [6, 6.07) is 0. The Labute approximate surface area is 104 Å². The van der Waals surface area contributed by atoms with E-state index in [1.165, 1.54) is 38.0 Å². The Morgan fingerprint density at radius 1 is 1.53 bits per heavy atom. The molecule has 4 nitrogen and oxygen atoms in total. The molecule has 1 aliphatic heterocycles. The van der Waals surface area contributed by atoms with Crippen LogP contribution in [0.3, 0.4) is 0 Å². The van der Waals surface area contributed by atoms with Crippen molar-refractivity contribution in [2.24, 2.45) is 13.0 Å². The zero-order chi connectivity index (χ0) is 12.1. The van der Waals surface area contributed by atoms with E-state index in [9.17, 15) is 0 Å². The molecule has 17 heavy (non-hydrogen) atoms. The van der Waals surface area contributed by atoms with Gasteiger partial charge in [-0.25, -0.2) is 0 Å². The quantitative estimate of drug-likeness (QED) is 0.755. The van der Waals surface area contributed by atoms with Crippen molar-refractivity contribution in [1.29, 1.82) is 0 Å². The van der Waals surface area contributed by atoms with Crippen molar-refractivity contribution in [3.8, 4) is 0 Å². The summed E-state index contributed by atoms with van der Waals surface area (Å²) in [6.45, 7) is 8.06. The van der Waals surface area contributed by atoms with E-state index >= 15 is 0 Å². The Balaban J connectivity index is 1.70. The molecule has 0 aliphatic carbocycles. The van der Waals surface area contributed by atoms with Gasteiger partial charge in [-0.2, -0.15) is 5.10 Å². The van der Waals surface area contributed by atoms with E-state index in [0.717, 1.165) is 19.0 Å². The van der Waals surface area contributed by atoms with Crippen LogP contribution in [-0.4, -0.2) is 40.9 Å². The van der Waals surface area contributed by atoms with Crippen molar-refractivity contribution in [3.63, 3.8) is 0 Å². The molecule has 1 saturated heterocycles. The number of hydrogen-bond donors (Lipinski definition) is 1. The lowest BCUT2D eigenvalue weighted by atomic mass is 10.1. The minimum Gasteiger partial charge on any atom is -0.316 e. The standard InChI is InChI=1S/C13H24N4/c1-3-5-14-7-12-4-6-17(10-12)11-13-8-15-16(2)9-13/h8-9,12,14H,3-7,10-11H2,1-2H3. The summed E-state index contributed by atoms with van der Waals surface area (Å²) in [5.74, 6) is 0.832. The molecule has 96 valence electrons. The summed E-state index contributed by atoms with van der Waals surface area (Å²) in [6.07, 6.45) is 6.65. The molecule has 4 heteroatoms. The first kappa shape index (κ1) is 12.6. The highest BCUT2D eigenvalue weighted by atomic mass is 15.2. The van der Waals surface area contributed by atoms with E-state index in [2.05, 4.69) is 28.4 Å². The third kappa shape index (κ3) is 3.82. The predicted molar refractivity (Wildman–Crippen MR) is 69.8 cm³/mol. The fourth-order valence-corrected chi connectivity index (χ4v) is 2.52. The van der Waals surface area contributed by atoms with Gasteiger partial charge in [-0.15, -0.1) is 0 Å². The summed E-state index contributed by atoms with van der Waals surface area (Å²) >= 11 is 0. The van der Waals surface area contributed by atoms with E-state index in [1.54, 1.807) is 0 Å². The summed E-state index contributed by atoms with van der Waals surface area (Å²) in [7, 11) is 1.98. The first-order valence-corrected chi connectivity index (χ1v) is 6.68. The molecular weight excluding hydrogens is 212 g/mol. The largest absolute Gasteiger partial charge is 0.316 e. The number of nitrogens with zero attached hydrogens (tertiary/aromatic N) is 3. The molecule has 1 unspecified atom stereocenters. The molecule has 0 spiro atoms. The van der Waals surface area contributed by atoms with Gasteiger partial charge in [-0.3, -0.25) is 9.58 Å². The minimum atomic E-state index is 0.832. The zero-order valence-corrected chi connectivity index (χ0v) is 11.0. The van der Waals surface area contributed by atoms with Crippen molar-refractivity contribution in [2.45, 2.75) is 26.3 Å². The maximum Gasteiger partial charge on any atom is 0.0534 e. The molecule has 1 aromatic heterocycles. The molecule has 0 aromatic carbocycles. The third-order valence-electron chi connectivity index (χ3n) is 3.39. The van der Waals surface area contributed by atoms with E-state index in [4.69, 9.17) is 0 Å². The second-order valence-electron chi connectivity index (χ2n) is 5.12. The van der Waals surface area contributed by atoms with E-state index in [1.807, 2.05) is 17.9 Å². The van der Waals surface area contributed by atoms with Gasteiger partial charge >= 0.3 is 0 Å². The van der Waals surface area contributed by atoms with Gasteiger partial charge in [0.05, 0.1) is 6.20 Å². The maximum atomic E-state index is 4.22. The fraction of sp³-hybridized carbons (Fsp3) is 0.769. The van der Waals surface area contributed by atoms with Crippen LogP contribution in [0.25, 0.3) is 0 Å². The Hall–Kier alpha value is -0.870. The van der Waals surface area contributed by atoms with Gasteiger partial charge in [0.2, 0.25) is 0 Å². The number of nitrogens with one attached hydrogen (secondary N) is 1. The average Bonchev–Trinajstić information content (AvgIpc) is 2.90. The smallest absolute Gasteiger partial charge is 0.0534 e. The lowest BCUT2D eigenvalue weighted by molar-refractivity contribution is 0.314. The molecule has 0 bridgehead atoms. The fourth-order valence-electron chi connectivity index (χ4n) is 2.52. The molecule has 1 atom stereocenters. The summed E-state index contributed by atoms with van der Waals surface area (Å²) < 4.78 is 1.88. The first-order chi connectivity index (χ1) is 8.28. The summed E-state index contributed by atoms with van der Waals surface area (Å²) in [5.41, 5.74) is 1.33. The lowest BCUT2D eigenvalue weighted by Gasteiger charge is -2.15. The van der Waals surface area contributed by atoms with E-state index in [0.29, 0.717) is 0 Å². The van der Waals surface area contributed by atoms with Crippen LogP contribution in [0.1, 0.15) is 25.3 Å². The number of aryl methyl sites for hydroxylation is 1. The van der Waals surface area contributed by atoms with Crippen LogP contribution in [0.5, 0.6) is 0 Å². The van der Waals surface area contributed by atoms with Gasteiger partial charge < -0.3 is 5.32 Å². The SMILES string of the molecule is CCCNCC1CCN(Cc2cnn(C)c2)C1. The highest BCUT2D eigenvalue weighted by molar-refractivity contribution is 5.03. The molecule has 2 rings (SSSR count). The molecule has 0 saturated carbocycles. The van der Waals surface area contributed by atoms with Gasteiger partial charge in [0, 0.05) is 31.9 Å². The molecule has 1 fully saturated rings. The molecule has 0 amide bonds. The van der Waals surface area contributed by atoms with Crippen molar-refractivity contribution >= 4 is 0 Å².